The Bertz CT molecular complexity index is 944. The molecule has 1 saturated heterocycles. The van der Waals surface area contributed by atoms with Crippen molar-refractivity contribution in [1.82, 2.24) is 14.4 Å². The highest BCUT2D eigenvalue weighted by Gasteiger charge is 2.47. The highest BCUT2D eigenvalue weighted by Crippen LogP contribution is 2.54. The quantitative estimate of drug-likeness (QED) is 0.714. The molecule has 5 rings (SSSR count). The van der Waals surface area contributed by atoms with Crippen molar-refractivity contribution in [3.05, 3.63) is 58.9 Å². The summed E-state index contributed by atoms with van der Waals surface area (Å²) in [4.78, 5) is 7.48. The molecule has 4 nitrogen and oxygen atoms in total. The zero-order valence-corrected chi connectivity index (χ0v) is 17.4. The number of rotatable bonds is 3. The molecule has 1 fully saturated rings. The van der Waals surface area contributed by atoms with Gasteiger partial charge < -0.3 is 4.74 Å². The minimum atomic E-state index is 0.543. The van der Waals surface area contributed by atoms with Crippen molar-refractivity contribution in [3.8, 4) is 0 Å². The van der Waals surface area contributed by atoms with E-state index < -0.39 is 0 Å². The first-order valence-corrected chi connectivity index (χ1v) is 10.4. The van der Waals surface area contributed by atoms with E-state index >= 15 is 0 Å². The molecule has 0 bridgehead atoms. The minimum Gasteiger partial charge on any atom is -0.369 e. The molecule has 0 N–H and O–H groups in total. The zero-order chi connectivity index (χ0) is 19.5. The van der Waals surface area contributed by atoms with Crippen LogP contribution >= 0.6 is 0 Å². The molecule has 3 aliphatic rings. The van der Waals surface area contributed by atoms with Gasteiger partial charge in [-0.3, -0.25) is 4.90 Å². The fraction of sp³-hybridized carbons (Fsp3) is 0.458. The van der Waals surface area contributed by atoms with Crippen LogP contribution in [0.15, 0.2) is 36.5 Å². The summed E-state index contributed by atoms with van der Waals surface area (Å²) < 4.78 is 6.20. The first-order chi connectivity index (χ1) is 13.5. The normalized spacial score (nSPS) is 28.6. The van der Waals surface area contributed by atoms with Gasteiger partial charge in [-0.25, -0.2) is 9.47 Å². The number of quaternary nitrogens is 1. The molecule has 1 aliphatic carbocycles. The fourth-order valence-electron chi connectivity index (χ4n) is 5.76. The Morgan fingerprint density at radius 3 is 2.89 bits per heavy atom. The predicted molar refractivity (Wildman–Crippen MR) is 114 cm³/mol. The molecule has 0 amide bonds. The van der Waals surface area contributed by atoms with E-state index in [1.807, 2.05) is 7.11 Å². The average molecular weight is 377 g/mol. The van der Waals surface area contributed by atoms with E-state index in [0.717, 1.165) is 31.2 Å². The van der Waals surface area contributed by atoms with Crippen molar-refractivity contribution in [2.75, 3.05) is 27.4 Å². The van der Waals surface area contributed by atoms with Gasteiger partial charge in [0.2, 0.25) is 5.82 Å². The number of nitrogens with zero attached hydrogens (tertiary/aromatic N) is 3. The van der Waals surface area contributed by atoms with Gasteiger partial charge in [-0.1, -0.05) is 12.1 Å². The molecule has 3 heterocycles. The Morgan fingerprint density at radius 1 is 1.25 bits per heavy atom. The molecule has 0 saturated carbocycles. The molecule has 2 aromatic rings. The van der Waals surface area contributed by atoms with Gasteiger partial charge in [0.25, 0.3) is 0 Å². The lowest BCUT2D eigenvalue weighted by Gasteiger charge is -2.44. The average Bonchev–Trinajstić information content (AvgIpc) is 2.97. The van der Waals surface area contributed by atoms with Gasteiger partial charge in [0.15, 0.2) is 5.69 Å². The maximum absolute atomic E-state index is 5.53. The molecular formula is C24H30N3O+. The van der Waals surface area contributed by atoms with E-state index in [9.17, 15) is 0 Å². The number of aryl methyl sites for hydroxylation is 2. The second-order valence-corrected chi connectivity index (χ2v) is 8.87. The highest BCUT2D eigenvalue weighted by molar-refractivity contribution is 5.89. The van der Waals surface area contributed by atoms with Crippen LogP contribution in [-0.4, -0.2) is 43.4 Å². The Balaban J connectivity index is 1.66. The van der Waals surface area contributed by atoms with E-state index in [-0.39, 0.29) is 0 Å². The van der Waals surface area contributed by atoms with Gasteiger partial charge >= 0.3 is 0 Å². The first-order valence-electron chi connectivity index (χ1n) is 10.4. The summed E-state index contributed by atoms with van der Waals surface area (Å²) in [6.45, 7) is 6.13. The summed E-state index contributed by atoms with van der Waals surface area (Å²) in [6.07, 6.45) is 6.08. The second kappa shape index (κ2) is 6.51. The zero-order valence-electron chi connectivity index (χ0n) is 17.4. The standard InChI is InChI=1S/C24H30N3O/c1-16-11-17(2)25-23(12-16)27(3)14-18-13-21-19(8-6-10-26(21)15-28-4)20-7-5-9-22(27)24(18)20/h5,7,9,11-12,14,19,21H,6,8,10,13,15H2,1-4H3/q+1/t19?,21-,27?/m1/s1. The fourth-order valence-corrected chi connectivity index (χ4v) is 5.76. The smallest absolute Gasteiger partial charge is 0.237 e. The minimum absolute atomic E-state index is 0.543. The molecule has 2 aliphatic heterocycles. The summed E-state index contributed by atoms with van der Waals surface area (Å²) in [5.74, 6) is 1.72. The third-order valence-electron chi connectivity index (χ3n) is 6.89. The lowest BCUT2D eigenvalue weighted by molar-refractivity contribution is 0.00696. The van der Waals surface area contributed by atoms with Crippen molar-refractivity contribution in [3.63, 3.8) is 0 Å². The summed E-state index contributed by atoms with van der Waals surface area (Å²) in [5.41, 5.74) is 8.25. The maximum Gasteiger partial charge on any atom is 0.237 e. The van der Waals surface area contributed by atoms with Crippen molar-refractivity contribution < 1.29 is 4.74 Å². The van der Waals surface area contributed by atoms with Crippen LogP contribution in [0.1, 0.15) is 47.6 Å². The summed E-state index contributed by atoms with van der Waals surface area (Å²) in [5, 5.41) is 0. The SMILES string of the molecule is COCN1CCCC2c3cccc4c3C(=C[N+]4(C)c3cc(C)cc(C)n3)C[C@H]21. The van der Waals surface area contributed by atoms with Gasteiger partial charge in [-0.05, 0) is 50.3 Å². The number of pyridine rings is 1. The van der Waals surface area contributed by atoms with E-state index in [1.54, 1.807) is 0 Å². The molecule has 28 heavy (non-hydrogen) atoms. The molecule has 1 aromatic carbocycles. The van der Waals surface area contributed by atoms with Crippen molar-refractivity contribution in [1.29, 1.82) is 0 Å². The van der Waals surface area contributed by atoms with Gasteiger partial charge in [-0.15, -0.1) is 0 Å². The van der Waals surface area contributed by atoms with Crippen molar-refractivity contribution in [2.45, 2.75) is 45.1 Å². The predicted octanol–water partition coefficient (Wildman–Crippen LogP) is 4.88. The molecule has 2 unspecified atom stereocenters. The van der Waals surface area contributed by atoms with E-state index in [2.05, 4.69) is 62.3 Å². The summed E-state index contributed by atoms with van der Waals surface area (Å²) in [6, 6.07) is 11.9. The molecule has 4 heteroatoms. The number of benzene rings is 1. The van der Waals surface area contributed by atoms with Crippen LogP contribution < -0.4 is 4.48 Å². The third kappa shape index (κ3) is 2.59. The van der Waals surface area contributed by atoms with Crippen LogP contribution in [-0.2, 0) is 4.74 Å². The van der Waals surface area contributed by atoms with Crippen LogP contribution in [0.2, 0.25) is 0 Å². The topological polar surface area (TPSA) is 25.4 Å². The van der Waals surface area contributed by atoms with Crippen molar-refractivity contribution >= 4 is 17.1 Å². The summed E-state index contributed by atoms with van der Waals surface area (Å²) in [7, 11) is 4.10. The molecule has 0 spiro atoms. The number of fused-ring (bicyclic) bond motifs is 2. The van der Waals surface area contributed by atoms with Gasteiger partial charge in [0.05, 0.1) is 13.8 Å². The summed E-state index contributed by atoms with van der Waals surface area (Å²) >= 11 is 0. The van der Waals surface area contributed by atoms with Crippen molar-refractivity contribution in [2.24, 2.45) is 0 Å². The van der Waals surface area contributed by atoms with Crippen LogP contribution in [0.5, 0.6) is 0 Å². The number of ether oxygens (including phenoxy) is 1. The van der Waals surface area contributed by atoms with Crippen LogP contribution in [0.4, 0.5) is 11.5 Å². The number of methoxy groups -OCH3 is 1. The monoisotopic (exact) mass is 376 g/mol. The number of piperidine rings is 1. The largest absolute Gasteiger partial charge is 0.369 e. The third-order valence-corrected chi connectivity index (χ3v) is 6.89. The Hall–Kier alpha value is -2.01. The first kappa shape index (κ1) is 18.0. The molecule has 3 atom stereocenters. The van der Waals surface area contributed by atoms with Crippen LogP contribution in [0.3, 0.4) is 0 Å². The van der Waals surface area contributed by atoms with E-state index in [4.69, 9.17) is 9.72 Å². The van der Waals surface area contributed by atoms with Gasteiger partial charge in [0.1, 0.15) is 6.20 Å². The highest BCUT2D eigenvalue weighted by atomic mass is 16.5. The molecule has 0 radical (unpaired) electrons. The number of likely N-dealkylation sites (tertiary alicyclic amines) is 1. The lowest BCUT2D eigenvalue weighted by atomic mass is 9.73. The molecular weight excluding hydrogens is 346 g/mol. The number of hydrogen-bond donors (Lipinski definition) is 0. The molecule has 1 aromatic heterocycles. The van der Waals surface area contributed by atoms with Gasteiger partial charge in [-0.2, -0.15) is 0 Å². The Morgan fingerprint density at radius 2 is 2.11 bits per heavy atom. The Kier molecular flexibility index (Phi) is 4.20. The van der Waals surface area contributed by atoms with Gasteiger partial charge in [0, 0.05) is 54.6 Å². The number of aromatic nitrogens is 1. The second-order valence-electron chi connectivity index (χ2n) is 8.87. The van der Waals surface area contributed by atoms with Crippen LogP contribution in [0, 0.1) is 13.8 Å². The van der Waals surface area contributed by atoms with Crippen LogP contribution in [0.25, 0.3) is 5.57 Å². The Labute approximate surface area is 168 Å². The van der Waals surface area contributed by atoms with E-state index in [1.165, 1.54) is 40.8 Å². The maximum atomic E-state index is 5.53. The molecule has 146 valence electrons. The number of hydrogen-bond acceptors (Lipinski definition) is 3. The van der Waals surface area contributed by atoms with E-state index in [0.29, 0.717) is 16.4 Å². The lowest BCUT2D eigenvalue weighted by Crippen LogP contribution is -2.46.